The Kier molecular flexibility index (Phi) is 4.33. The maximum atomic E-state index is 12.1. The zero-order valence-corrected chi connectivity index (χ0v) is 12.0. The third-order valence-electron chi connectivity index (χ3n) is 4.16. The van der Waals surface area contributed by atoms with Gasteiger partial charge in [-0.1, -0.05) is 12.2 Å². The highest BCUT2D eigenvalue weighted by molar-refractivity contribution is 5.74. The van der Waals surface area contributed by atoms with Gasteiger partial charge in [-0.2, -0.15) is 0 Å². The van der Waals surface area contributed by atoms with Gasteiger partial charge in [-0.05, 0) is 30.7 Å². The second kappa shape index (κ2) is 6.56. The lowest BCUT2D eigenvalue weighted by Gasteiger charge is -2.17. The minimum atomic E-state index is 0.0418. The molecule has 1 aromatic heterocycles. The SMILES string of the molecule is O=C(NCCNc1ncccn1)N1C[C@H]2CC=CC[C@@H]2C1. The van der Waals surface area contributed by atoms with Crippen molar-refractivity contribution in [2.75, 3.05) is 31.5 Å². The largest absolute Gasteiger partial charge is 0.352 e. The van der Waals surface area contributed by atoms with Gasteiger partial charge in [0.1, 0.15) is 0 Å². The summed E-state index contributed by atoms with van der Waals surface area (Å²) in [5.74, 6) is 1.89. The summed E-state index contributed by atoms with van der Waals surface area (Å²) in [7, 11) is 0. The van der Waals surface area contributed by atoms with Crippen molar-refractivity contribution in [3.8, 4) is 0 Å². The Balaban J connectivity index is 1.37. The van der Waals surface area contributed by atoms with E-state index in [9.17, 15) is 4.79 Å². The van der Waals surface area contributed by atoms with Crippen molar-refractivity contribution in [3.05, 3.63) is 30.6 Å². The molecule has 112 valence electrons. The average molecular weight is 287 g/mol. The lowest BCUT2D eigenvalue weighted by molar-refractivity contribution is 0.207. The van der Waals surface area contributed by atoms with Crippen LogP contribution in [0.4, 0.5) is 10.7 Å². The van der Waals surface area contributed by atoms with Crippen molar-refractivity contribution >= 4 is 12.0 Å². The van der Waals surface area contributed by atoms with Crippen LogP contribution in [0, 0.1) is 11.8 Å². The molecule has 0 unspecified atom stereocenters. The van der Waals surface area contributed by atoms with Crippen molar-refractivity contribution < 1.29 is 4.79 Å². The monoisotopic (exact) mass is 287 g/mol. The lowest BCUT2D eigenvalue weighted by Crippen LogP contribution is -2.40. The maximum Gasteiger partial charge on any atom is 0.317 e. The van der Waals surface area contributed by atoms with E-state index in [1.54, 1.807) is 18.5 Å². The summed E-state index contributed by atoms with van der Waals surface area (Å²) in [6.07, 6.45) is 10.1. The quantitative estimate of drug-likeness (QED) is 0.650. The number of rotatable bonds is 4. The second-order valence-corrected chi connectivity index (χ2v) is 5.60. The molecule has 6 heteroatoms. The van der Waals surface area contributed by atoms with Crippen LogP contribution in [0.3, 0.4) is 0 Å². The molecule has 2 heterocycles. The number of carbonyl (C=O) groups is 1. The fraction of sp³-hybridized carbons (Fsp3) is 0.533. The van der Waals surface area contributed by atoms with Gasteiger partial charge in [0.25, 0.3) is 0 Å². The molecule has 0 radical (unpaired) electrons. The molecule has 1 aliphatic heterocycles. The molecule has 2 atom stereocenters. The molecule has 2 N–H and O–H groups in total. The number of fused-ring (bicyclic) bond motifs is 1. The first-order valence-corrected chi connectivity index (χ1v) is 7.51. The highest BCUT2D eigenvalue weighted by Gasteiger charge is 2.34. The number of aromatic nitrogens is 2. The number of amides is 2. The van der Waals surface area contributed by atoms with Crippen LogP contribution in [0.5, 0.6) is 0 Å². The highest BCUT2D eigenvalue weighted by Crippen LogP contribution is 2.32. The van der Waals surface area contributed by atoms with Crippen molar-refractivity contribution in [2.45, 2.75) is 12.8 Å². The molecule has 0 aromatic carbocycles. The van der Waals surface area contributed by atoms with Crippen LogP contribution in [-0.4, -0.2) is 47.1 Å². The molecule has 3 rings (SSSR count). The molecular weight excluding hydrogens is 266 g/mol. The van der Waals surface area contributed by atoms with E-state index >= 15 is 0 Å². The number of carbonyl (C=O) groups excluding carboxylic acids is 1. The Morgan fingerprint density at radius 1 is 1.14 bits per heavy atom. The van der Waals surface area contributed by atoms with Crippen molar-refractivity contribution in [3.63, 3.8) is 0 Å². The molecule has 2 amide bonds. The van der Waals surface area contributed by atoms with Crippen molar-refractivity contribution in [1.29, 1.82) is 0 Å². The number of likely N-dealkylation sites (tertiary alicyclic amines) is 1. The third kappa shape index (κ3) is 3.51. The molecule has 1 aliphatic carbocycles. The van der Waals surface area contributed by atoms with E-state index in [1.807, 2.05) is 4.90 Å². The van der Waals surface area contributed by atoms with Gasteiger partial charge in [0.2, 0.25) is 5.95 Å². The van der Waals surface area contributed by atoms with Crippen LogP contribution in [-0.2, 0) is 0 Å². The van der Waals surface area contributed by atoms with Crippen molar-refractivity contribution in [1.82, 2.24) is 20.2 Å². The Bertz CT molecular complexity index is 488. The molecule has 0 spiro atoms. The number of nitrogens with one attached hydrogen (secondary N) is 2. The summed E-state index contributed by atoms with van der Waals surface area (Å²) in [6.45, 7) is 2.96. The van der Waals surface area contributed by atoms with Crippen LogP contribution < -0.4 is 10.6 Å². The van der Waals surface area contributed by atoms with Gasteiger partial charge in [0.15, 0.2) is 0 Å². The van der Waals surface area contributed by atoms with Gasteiger partial charge < -0.3 is 15.5 Å². The summed E-state index contributed by atoms with van der Waals surface area (Å²) in [4.78, 5) is 22.2. The first-order valence-electron chi connectivity index (χ1n) is 7.51. The number of urea groups is 1. The predicted octanol–water partition coefficient (Wildman–Crippen LogP) is 1.50. The van der Waals surface area contributed by atoms with E-state index in [0.717, 1.165) is 25.9 Å². The minimum absolute atomic E-state index is 0.0418. The Hall–Kier alpha value is -2.11. The van der Waals surface area contributed by atoms with Crippen LogP contribution in [0.2, 0.25) is 0 Å². The fourth-order valence-electron chi connectivity index (χ4n) is 3.03. The first-order chi connectivity index (χ1) is 10.3. The summed E-state index contributed by atoms with van der Waals surface area (Å²) in [6, 6.07) is 1.81. The maximum absolute atomic E-state index is 12.1. The van der Waals surface area contributed by atoms with Crippen LogP contribution in [0.15, 0.2) is 30.6 Å². The summed E-state index contributed by atoms with van der Waals surface area (Å²) in [5, 5.41) is 6.03. The summed E-state index contributed by atoms with van der Waals surface area (Å²) < 4.78 is 0. The van der Waals surface area contributed by atoms with Gasteiger partial charge in [0.05, 0.1) is 0 Å². The van der Waals surface area contributed by atoms with Gasteiger partial charge >= 0.3 is 6.03 Å². The molecule has 1 saturated heterocycles. The topological polar surface area (TPSA) is 70.1 Å². The molecule has 2 aliphatic rings. The molecule has 1 aromatic rings. The van der Waals surface area contributed by atoms with E-state index in [1.165, 1.54) is 0 Å². The van der Waals surface area contributed by atoms with Crippen molar-refractivity contribution in [2.24, 2.45) is 11.8 Å². The molecule has 1 fully saturated rings. The van der Waals surface area contributed by atoms with E-state index in [-0.39, 0.29) is 6.03 Å². The number of hydrogen-bond donors (Lipinski definition) is 2. The molecule has 21 heavy (non-hydrogen) atoms. The fourth-order valence-corrected chi connectivity index (χ4v) is 3.03. The Labute approximate surface area is 124 Å². The third-order valence-corrected chi connectivity index (χ3v) is 4.16. The van der Waals surface area contributed by atoms with E-state index in [2.05, 4.69) is 32.8 Å². The lowest BCUT2D eigenvalue weighted by atomic mass is 9.86. The zero-order valence-electron chi connectivity index (χ0n) is 12.0. The number of allylic oxidation sites excluding steroid dienone is 2. The molecule has 6 nitrogen and oxygen atoms in total. The Morgan fingerprint density at radius 3 is 2.48 bits per heavy atom. The average Bonchev–Trinajstić information content (AvgIpc) is 2.96. The van der Waals surface area contributed by atoms with Gasteiger partial charge in [-0.3, -0.25) is 0 Å². The molecule has 0 bridgehead atoms. The normalized spacial score (nSPS) is 23.7. The Morgan fingerprint density at radius 2 is 1.81 bits per heavy atom. The number of hydrogen-bond acceptors (Lipinski definition) is 4. The van der Waals surface area contributed by atoms with E-state index in [4.69, 9.17) is 0 Å². The number of anilines is 1. The number of nitrogens with zero attached hydrogens (tertiary/aromatic N) is 3. The zero-order chi connectivity index (χ0) is 14.5. The summed E-state index contributed by atoms with van der Waals surface area (Å²) in [5.41, 5.74) is 0. The van der Waals surface area contributed by atoms with E-state index in [0.29, 0.717) is 30.9 Å². The molecular formula is C15H21N5O. The van der Waals surface area contributed by atoms with E-state index < -0.39 is 0 Å². The predicted molar refractivity (Wildman–Crippen MR) is 80.8 cm³/mol. The highest BCUT2D eigenvalue weighted by atomic mass is 16.2. The first kappa shape index (κ1) is 13.9. The standard InChI is InChI=1S/C15H21N5O/c21-15(19-9-8-18-14-16-6-3-7-17-14)20-10-12-4-1-2-5-13(12)11-20/h1-3,6-7,12-13H,4-5,8-11H2,(H,19,21)(H,16,17,18)/t12-,13-/m1/s1. The summed E-state index contributed by atoms with van der Waals surface area (Å²) >= 11 is 0. The molecule has 0 saturated carbocycles. The minimum Gasteiger partial charge on any atom is -0.352 e. The second-order valence-electron chi connectivity index (χ2n) is 5.60. The van der Waals surface area contributed by atoms with Crippen LogP contribution in [0.1, 0.15) is 12.8 Å². The smallest absolute Gasteiger partial charge is 0.317 e. The van der Waals surface area contributed by atoms with Gasteiger partial charge in [0, 0.05) is 38.6 Å². The van der Waals surface area contributed by atoms with Crippen LogP contribution >= 0.6 is 0 Å². The van der Waals surface area contributed by atoms with Gasteiger partial charge in [-0.15, -0.1) is 0 Å². The van der Waals surface area contributed by atoms with Gasteiger partial charge in [-0.25, -0.2) is 14.8 Å². The van der Waals surface area contributed by atoms with Crippen LogP contribution in [0.25, 0.3) is 0 Å².